The molecule has 4 heterocycles. The van der Waals surface area contributed by atoms with Crippen molar-refractivity contribution in [3.63, 3.8) is 0 Å². The van der Waals surface area contributed by atoms with Gasteiger partial charge in [-0.05, 0) is 147 Å². The first-order chi connectivity index (χ1) is 45.0. The lowest BCUT2D eigenvalue weighted by molar-refractivity contribution is -0.165. The third-order valence-corrected chi connectivity index (χ3v) is 24.1. The molecule has 0 amide bonds. The van der Waals surface area contributed by atoms with Crippen LogP contribution in [0.3, 0.4) is 0 Å². The minimum atomic E-state index is -4.21. The van der Waals surface area contributed by atoms with E-state index < -0.39 is 139 Å². The van der Waals surface area contributed by atoms with Crippen LogP contribution in [-0.4, -0.2) is 181 Å². The van der Waals surface area contributed by atoms with Gasteiger partial charge in [-0.3, -0.25) is 14.4 Å². The molecule has 0 spiro atoms. The minimum absolute atomic E-state index is 0.105. The van der Waals surface area contributed by atoms with Crippen LogP contribution in [0, 0.1) is 58.1 Å². The summed E-state index contributed by atoms with van der Waals surface area (Å²) in [6, 6.07) is 1.87. The van der Waals surface area contributed by atoms with Crippen molar-refractivity contribution < 1.29 is 71.8 Å². The number of esters is 4. The molecule has 4 saturated heterocycles. The normalized spacial score (nSPS) is 24.2. The summed E-state index contributed by atoms with van der Waals surface area (Å²) in [5, 5.41) is 11.1. The van der Waals surface area contributed by atoms with E-state index in [9.17, 15) is 38.9 Å². The summed E-state index contributed by atoms with van der Waals surface area (Å²) in [4.78, 5) is 78.0. The monoisotopic (exact) mass is 1420 g/mol. The highest BCUT2D eigenvalue weighted by molar-refractivity contribution is 7.95. The molecule has 0 aromatic carbocycles. The highest BCUT2D eigenvalue weighted by Gasteiger charge is 2.48. The molecule has 0 atom stereocenters. The quantitative estimate of drug-likeness (QED) is 0.0360. The Hall–Kier alpha value is -7.24. The molecule has 0 N–H and O–H groups in total. The van der Waals surface area contributed by atoms with E-state index in [2.05, 4.69) is 14.5 Å². The lowest BCUT2D eigenvalue weighted by atomic mass is 9.75. The smallest absolute Gasteiger partial charge is 0.349 e. The summed E-state index contributed by atoms with van der Waals surface area (Å²) in [7, 11) is -16.8. The van der Waals surface area contributed by atoms with Crippen molar-refractivity contribution in [2.75, 3.05) is 104 Å². The van der Waals surface area contributed by atoms with Crippen LogP contribution >= 0.6 is 0 Å². The van der Waals surface area contributed by atoms with Crippen LogP contribution < -0.4 is 0 Å². The predicted molar refractivity (Wildman–Crippen MR) is 363 cm³/mol. The standard InChI is InChI=1S/C69H92N8O16S4/c1-65(2)32-45(57(94(12,82)83)50(36-65)74-24-16-17-25-74)49(40-70)61(78)90-41-69(42-91-62(79)54(71-9)46-33-66(3,4)37-51(58(46)95(13,84)85)75-26-18-19-27-75,43-92-63(80)55(72-10)47-34-67(5,6)38-52(59(47)96(14,86)87)76-28-20-21-29-76)44-93-64(81)56(73-11)48-35-68(7,8)39-53(60(48)97(15,88)89)77-30-22-23-31-77/h16-39,41-44H2,1-8,12-15H3/b49-45+,54-46-,55-47-,56-48+. The number of nitriles is 1. The SMILES string of the molecule is [C-]#[N+]/C(C(=O)OCC(COC(=O)/C([N+]#[C-])=C1\CC(C)(C)CC(N2CCCC2)=C1S(C)(=O)=O)(COC(=O)/C(C#N)=C1\CC(C)(C)CC(N2CCCC2)=C1S(C)(=O)=O)COC(=O)/C([N+]#[C-])=C1/CC(C)(C)CC(N2CCCC2)=C1S(C)(=O)=O)=C1/CC(C)(C)CC(N2CCCC2)=C1S(C)(=O)=O. The van der Waals surface area contributed by atoms with Gasteiger partial charge in [-0.15, -0.1) is 0 Å². The Morgan fingerprint density at radius 2 is 0.598 bits per heavy atom. The maximum atomic E-state index is 15.1. The van der Waals surface area contributed by atoms with Gasteiger partial charge in [0, 0.05) is 100 Å². The summed E-state index contributed by atoms with van der Waals surface area (Å²) >= 11 is 0. The Morgan fingerprint density at radius 1 is 0.392 bits per heavy atom. The summed E-state index contributed by atoms with van der Waals surface area (Å²) < 4.78 is 137. The molecule has 4 aliphatic heterocycles. The first-order valence-electron chi connectivity index (χ1n) is 32.9. The molecule has 0 unspecified atom stereocenters. The molecule has 24 nitrogen and oxygen atoms in total. The van der Waals surface area contributed by atoms with Crippen LogP contribution in [-0.2, 0) is 77.5 Å². The Kier molecular flexibility index (Phi) is 22.2. The molecule has 0 radical (unpaired) electrons. The largest absolute Gasteiger partial charge is 0.470 e. The Balaban J connectivity index is 1.34. The van der Waals surface area contributed by atoms with E-state index in [1.54, 1.807) is 0 Å². The van der Waals surface area contributed by atoms with Gasteiger partial charge in [-0.1, -0.05) is 55.4 Å². The minimum Gasteiger partial charge on any atom is -0.470 e. The number of hydrogen-bond donors (Lipinski definition) is 0. The van der Waals surface area contributed by atoms with Gasteiger partial charge in [0.1, 0.15) is 43.5 Å². The van der Waals surface area contributed by atoms with Crippen LogP contribution in [0.25, 0.3) is 14.5 Å². The zero-order chi connectivity index (χ0) is 71.8. The van der Waals surface area contributed by atoms with Gasteiger partial charge in [-0.2, -0.15) is 5.26 Å². The molecule has 4 aliphatic carbocycles. The number of sulfone groups is 4. The topological polar surface area (TPSA) is 292 Å². The van der Waals surface area contributed by atoms with Crippen molar-refractivity contribution >= 4 is 63.2 Å². The molecule has 528 valence electrons. The fourth-order valence-corrected chi connectivity index (χ4v) is 20.1. The zero-order valence-electron chi connectivity index (χ0n) is 58.0. The third-order valence-electron chi connectivity index (χ3n) is 19.2. The van der Waals surface area contributed by atoms with E-state index in [-0.39, 0.29) is 93.3 Å². The van der Waals surface area contributed by atoms with Gasteiger partial charge >= 0.3 is 23.9 Å². The van der Waals surface area contributed by atoms with Crippen molar-refractivity contribution in [1.29, 1.82) is 5.26 Å². The van der Waals surface area contributed by atoms with Crippen LogP contribution in [0.1, 0.15) is 158 Å². The second-order valence-electron chi connectivity index (χ2n) is 30.6. The summed E-state index contributed by atoms with van der Waals surface area (Å²) in [5.74, 6) is -5.74. The summed E-state index contributed by atoms with van der Waals surface area (Å²) in [6.07, 6.45) is 10.5. The maximum Gasteiger partial charge on any atom is 0.349 e. The van der Waals surface area contributed by atoms with Crippen LogP contribution in [0.5, 0.6) is 0 Å². The van der Waals surface area contributed by atoms with Crippen molar-refractivity contribution in [2.24, 2.45) is 27.1 Å². The molecule has 0 saturated carbocycles. The van der Waals surface area contributed by atoms with E-state index in [0.29, 0.717) is 75.1 Å². The average Bonchev–Trinajstić information content (AvgIpc) is 1.57. The fraction of sp³-hybridized carbons (Fsp3) is 0.652. The van der Waals surface area contributed by atoms with Gasteiger partial charge in [-0.25, -0.2) is 53.0 Å². The Morgan fingerprint density at radius 3 is 0.804 bits per heavy atom. The summed E-state index contributed by atoms with van der Waals surface area (Å²) in [6.45, 7) is 39.7. The molecular weight excluding hydrogens is 1330 g/mol. The van der Waals surface area contributed by atoms with E-state index in [4.69, 9.17) is 38.7 Å². The van der Waals surface area contributed by atoms with Crippen molar-refractivity contribution in [3.05, 3.63) is 122 Å². The van der Waals surface area contributed by atoms with Gasteiger partial charge in [0.15, 0.2) is 39.3 Å². The van der Waals surface area contributed by atoms with Crippen LogP contribution in [0.4, 0.5) is 0 Å². The first-order valence-corrected chi connectivity index (χ1v) is 40.4. The van der Waals surface area contributed by atoms with Crippen LogP contribution in [0.15, 0.2) is 87.4 Å². The van der Waals surface area contributed by atoms with Gasteiger partial charge < -0.3 is 38.5 Å². The lowest BCUT2D eigenvalue weighted by Crippen LogP contribution is -2.44. The Labute approximate surface area is 573 Å². The number of rotatable bonds is 20. The molecule has 28 heteroatoms. The average molecular weight is 1420 g/mol. The zero-order valence-corrected chi connectivity index (χ0v) is 61.3. The van der Waals surface area contributed by atoms with Gasteiger partial charge in [0.05, 0.1) is 39.3 Å². The number of hydrogen-bond acceptors (Lipinski definition) is 21. The molecule has 0 aromatic heterocycles. The van der Waals surface area contributed by atoms with Crippen LogP contribution in [0.2, 0.25) is 0 Å². The van der Waals surface area contributed by atoms with E-state index in [1.165, 1.54) is 0 Å². The molecule has 8 aliphatic rings. The molecule has 97 heavy (non-hydrogen) atoms. The third kappa shape index (κ3) is 17.3. The van der Waals surface area contributed by atoms with Crippen molar-refractivity contribution in [2.45, 2.75) is 158 Å². The van der Waals surface area contributed by atoms with E-state index in [0.717, 1.165) is 76.4 Å². The second kappa shape index (κ2) is 28.5. The molecule has 0 aromatic rings. The fourth-order valence-electron chi connectivity index (χ4n) is 15.2. The molecule has 4 fully saturated rings. The molecule has 8 rings (SSSR count). The van der Waals surface area contributed by atoms with Gasteiger partial charge in [0.25, 0.3) is 17.1 Å². The molecular formula is C69H92N8O16S4. The lowest BCUT2D eigenvalue weighted by Gasteiger charge is -2.39. The second-order valence-corrected chi connectivity index (χ2v) is 38.4. The maximum absolute atomic E-state index is 15.1. The van der Waals surface area contributed by atoms with E-state index >= 15 is 19.2 Å². The number of ether oxygens (including phenoxy) is 4. The number of likely N-dealkylation sites (tertiary alicyclic amines) is 4. The highest BCUT2D eigenvalue weighted by Crippen LogP contribution is 2.51. The highest BCUT2D eigenvalue weighted by atomic mass is 32.2. The predicted octanol–water partition coefficient (Wildman–Crippen LogP) is 9.17. The van der Waals surface area contributed by atoms with Crippen molar-refractivity contribution in [1.82, 2.24) is 19.6 Å². The first kappa shape index (κ1) is 75.5. The van der Waals surface area contributed by atoms with Gasteiger partial charge in [0.2, 0.25) is 0 Å². The molecule has 0 bridgehead atoms. The number of allylic oxidation sites excluding steroid dienone is 8. The Bertz CT molecular complexity index is 3680. The number of carbonyl (C=O) groups is 4. The van der Waals surface area contributed by atoms with Crippen molar-refractivity contribution in [3.8, 4) is 6.07 Å². The van der Waals surface area contributed by atoms with E-state index in [1.807, 2.05) is 81.1 Å². The summed E-state index contributed by atoms with van der Waals surface area (Å²) in [5.41, 5.74) is -7.43. The number of nitrogens with zero attached hydrogens (tertiary/aromatic N) is 8. The number of carbonyl (C=O) groups excluding carboxylic acids is 4.